The second-order valence-electron chi connectivity index (χ2n) is 4.90. The molecule has 1 rings (SSSR count). The van der Waals surface area contributed by atoms with Crippen LogP contribution in [0.4, 0.5) is 0 Å². The molecule has 0 aliphatic rings. The number of aliphatic imine (C=N–C) groups is 1. The predicted molar refractivity (Wildman–Crippen MR) is 90.5 cm³/mol. The van der Waals surface area contributed by atoms with Crippen LogP contribution in [0.1, 0.15) is 25.5 Å². The third kappa shape index (κ3) is 5.90. The van der Waals surface area contributed by atoms with Gasteiger partial charge in [-0.05, 0) is 43.9 Å². The van der Waals surface area contributed by atoms with Crippen molar-refractivity contribution < 1.29 is 0 Å². The van der Waals surface area contributed by atoms with Gasteiger partial charge in [-0.2, -0.15) is 11.8 Å². The standard InChI is InChI=1S/C15H28N4S/c1-5-16-15(17-10-6-7-12-20-4)19(3)13-14-9-8-11-18(14)2/h8-9,11H,5-7,10,12-13H2,1-4H3,(H,16,17). The summed E-state index contributed by atoms with van der Waals surface area (Å²) in [5, 5.41) is 3.37. The highest BCUT2D eigenvalue weighted by molar-refractivity contribution is 7.98. The average molecular weight is 296 g/mol. The molecule has 5 heteroatoms. The first-order valence-corrected chi connectivity index (χ1v) is 8.67. The molecule has 0 aliphatic carbocycles. The van der Waals surface area contributed by atoms with Crippen LogP contribution < -0.4 is 5.32 Å². The van der Waals surface area contributed by atoms with Gasteiger partial charge >= 0.3 is 0 Å². The second kappa shape index (κ2) is 9.75. The van der Waals surface area contributed by atoms with Gasteiger partial charge in [-0.25, -0.2) is 0 Å². The molecule has 0 fully saturated rings. The third-order valence-corrected chi connectivity index (χ3v) is 3.86. The van der Waals surface area contributed by atoms with E-state index in [9.17, 15) is 0 Å². The van der Waals surface area contributed by atoms with Crippen molar-refractivity contribution in [2.45, 2.75) is 26.3 Å². The topological polar surface area (TPSA) is 32.6 Å². The molecule has 0 aromatic carbocycles. The summed E-state index contributed by atoms with van der Waals surface area (Å²) in [4.78, 5) is 6.90. The maximum absolute atomic E-state index is 4.71. The van der Waals surface area contributed by atoms with E-state index in [-0.39, 0.29) is 0 Å². The average Bonchev–Trinajstić information content (AvgIpc) is 2.83. The number of aromatic nitrogens is 1. The summed E-state index contributed by atoms with van der Waals surface area (Å²) < 4.78 is 2.15. The van der Waals surface area contributed by atoms with Crippen LogP contribution in [-0.4, -0.2) is 47.6 Å². The summed E-state index contributed by atoms with van der Waals surface area (Å²) in [6, 6.07) is 4.23. The normalized spacial score (nSPS) is 11.7. The summed E-state index contributed by atoms with van der Waals surface area (Å²) in [6.07, 6.45) is 6.63. The predicted octanol–water partition coefficient (Wildman–Crippen LogP) is 2.57. The number of thioether (sulfide) groups is 1. The van der Waals surface area contributed by atoms with Gasteiger partial charge in [0.1, 0.15) is 0 Å². The fraction of sp³-hybridized carbons (Fsp3) is 0.667. The summed E-state index contributed by atoms with van der Waals surface area (Å²) in [7, 11) is 4.17. The smallest absolute Gasteiger partial charge is 0.194 e. The Hall–Kier alpha value is -1.10. The van der Waals surface area contributed by atoms with Crippen LogP contribution in [0.5, 0.6) is 0 Å². The van der Waals surface area contributed by atoms with Gasteiger partial charge in [-0.1, -0.05) is 0 Å². The number of aryl methyl sites for hydroxylation is 1. The highest BCUT2D eigenvalue weighted by Gasteiger charge is 2.07. The van der Waals surface area contributed by atoms with Gasteiger partial charge in [0.15, 0.2) is 5.96 Å². The van der Waals surface area contributed by atoms with E-state index in [1.54, 1.807) is 0 Å². The molecule has 0 radical (unpaired) electrons. The van der Waals surface area contributed by atoms with Gasteiger partial charge in [0.05, 0.1) is 6.54 Å². The second-order valence-corrected chi connectivity index (χ2v) is 5.89. The summed E-state index contributed by atoms with van der Waals surface area (Å²) in [5.74, 6) is 2.23. The number of rotatable bonds is 8. The van der Waals surface area contributed by atoms with Crippen LogP contribution in [0.25, 0.3) is 0 Å². The van der Waals surface area contributed by atoms with Crippen LogP contribution in [0.15, 0.2) is 23.3 Å². The van der Waals surface area contributed by atoms with Gasteiger partial charge in [-0.3, -0.25) is 4.99 Å². The fourth-order valence-electron chi connectivity index (χ4n) is 1.99. The largest absolute Gasteiger partial charge is 0.357 e. The molecule has 0 amide bonds. The minimum Gasteiger partial charge on any atom is -0.357 e. The van der Waals surface area contributed by atoms with Crippen molar-refractivity contribution in [2.75, 3.05) is 32.1 Å². The number of nitrogens with zero attached hydrogens (tertiary/aromatic N) is 3. The van der Waals surface area contributed by atoms with E-state index < -0.39 is 0 Å². The summed E-state index contributed by atoms with van der Waals surface area (Å²) in [6.45, 7) is 4.79. The lowest BCUT2D eigenvalue weighted by Crippen LogP contribution is -2.38. The number of hydrogen-bond acceptors (Lipinski definition) is 2. The van der Waals surface area contributed by atoms with E-state index in [0.717, 1.165) is 32.0 Å². The molecule has 4 nitrogen and oxygen atoms in total. The zero-order chi connectivity index (χ0) is 14.8. The molecule has 0 saturated heterocycles. The molecule has 0 aliphatic heterocycles. The lowest BCUT2D eigenvalue weighted by atomic mass is 10.3. The van der Waals surface area contributed by atoms with Gasteiger partial charge in [-0.15, -0.1) is 0 Å². The van der Waals surface area contributed by atoms with Crippen molar-refractivity contribution in [2.24, 2.45) is 12.0 Å². The minimum absolute atomic E-state index is 0.875. The molecule has 0 spiro atoms. The Labute approximate surface area is 127 Å². The zero-order valence-electron chi connectivity index (χ0n) is 13.2. The van der Waals surface area contributed by atoms with Gasteiger partial charge in [0, 0.05) is 39.1 Å². The van der Waals surface area contributed by atoms with Crippen molar-refractivity contribution in [3.63, 3.8) is 0 Å². The number of guanidine groups is 1. The van der Waals surface area contributed by atoms with Gasteiger partial charge < -0.3 is 14.8 Å². The van der Waals surface area contributed by atoms with E-state index in [0.29, 0.717) is 0 Å². The Kier molecular flexibility index (Phi) is 8.26. The molecule has 0 atom stereocenters. The number of nitrogens with one attached hydrogen (secondary N) is 1. The van der Waals surface area contributed by atoms with E-state index in [2.05, 4.69) is 60.4 Å². The maximum atomic E-state index is 4.71. The number of hydrogen-bond donors (Lipinski definition) is 1. The third-order valence-electron chi connectivity index (χ3n) is 3.17. The lowest BCUT2D eigenvalue weighted by Gasteiger charge is -2.22. The molecule has 1 heterocycles. The van der Waals surface area contributed by atoms with Gasteiger partial charge in [0.25, 0.3) is 0 Å². The first-order valence-electron chi connectivity index (χ1n) is 7.27. The fourth-order valence-corrected chi connectivity index (χ4v) is 2.48. The van der Waals surface area contributed by atoms with Crippen LogP contribution in [0, 0.1) is 0 Å². The van der Waals surface area contributed by atoms with E-state index >= 15 is 0 Å². The zero-order valence-corrected chi connectivity index (χ0v) is 14.0. The molecule has 0 unspecified atom stereocenters. The maximum Gasteiger partial charge on any atom is 0.194 e. The van der Waals surface area contributed by atoms with Crippen LogP contribution in [-0.2, 0) is 13.6 Å². The minimum atomic E-state index is 0.875. The molecular formula is C15H28N4S. The SMILES string of the molecule is CCNC(=NCCCCSC)N(C)Cc1cccn1C. The van der Waals surface area contributed by atoms with Crippen molar-refractivity contribution in [1.82, 2.24) is 14.8 Å². The molecule has 20 heavy (non-hydrogen) atoms. The Bertz CT molecular complexity index is 400. The molecule has 114 valence electrons. The molecule has 1 N–H and O–H groups in total. The van der Waals surface area contributed by atoms with Gasteiger partial charge in [0.2, 0.25) is 0 Å². The summed E-state index contributed by atoms with van der Waals surface area (Å²) in [5.41, 5.74) is 1.29. The van der Waals surface area contributed by atoms with Crippen LogP contribution in [0.2, 0.25) is 0 Å². The summed E-state index contributed by atoms with van der Waals surface area (Å²) >= 11 is 1.90. The van der Waals surface area contributed by atoms with Crippen molar-refractivity contribution in [3.8, 4) is 0 Å². The first-order chi connectivity index (χ1) is 9.69. The molecule has 1 aromatic rings. The molecule has 1 aromatic heterocycles. The molecular weight excluding hydrogens is 268 g/mol. The first kappa shape index (κ1) is 17.0. The Morgan fingerprint density at radius 1 is 1.45 bits per heavy atom. The van der Waals surface area contributed by atoms with Crippen molar-refractivity contribution in [1.29, 1.82) is 0 Å². The Morgan fingerprint density at radius 2 is 2.25 bits per heavy atom. The van der Waals surface area contributed by atoms with E-state index in [1.807, 2.05) is 11.8 Å². The van der Waals surface area contributed by atoms with E-state index in [1.165, 1.54) is 17.9 Å². The highest BCUT2D eigenvalue weighted by Crippen LogP contribution is 2.04. The Balaban J connectivity index is 2.51. The number of unbranched alkanes of at least 4 members (excludes halogenated alkanes) is 1. The van der Waals surface area contributed by atoms with E-state index in [4.69, 9.17) is 4.99 Å². The highest BCUT2D eigenvalue weighted by atomic mass is 32.2. The van der Waals surface area contributed by atoms with Crippen LogP contribution in [0.3, 0.4) is 0 Å². The quantitative estimate of drug-likeness (QED) is 0.455. The molecule has 0 saturated carbocycles. The molecule has 0 bridgehead atoms. The lowest BCUT2D eigenvalue weighted by molar-refractivity contribution is 0.461. The van der Waals surface area contributed by atoms with Crippen molar-refractivity contribution in [3.05, 3.63) is 24.0 Å². The van der Waals surface area contributed by atoms with Crippen LogP contribution >= 0.6 is 11.8 Å². The monoisotopic (exact) mass is 296 g/mol. The van der Waals surface area contributed by atoms with Crippen molar-refractivity contribution >= 4 is 17.7 Å². The Morgan fingerprint density at radius 3 is 2.85 bits per heavy atom.